The minimum absolute atomic E-state index is 0.723. The monoisotopic (exact) mass is 300 g/mol. The van der Waals surface area contributed by atoms with Gasteiger partial charge in [-0.15, -0.1) is 0 Å². The van der Waals surface area contributed by atoms with Crippen molar-refractivity contribution in [1.82, 2.24) is 20.2 Å². The van der Waals surface area contributed by atoms with Crippen LogP contribution < -0.4 is 0 Å². The molecule has 2 aromatic carbocycles. The van der Waals surface area contributed by atoms with E-state index in [2.05, 4.69) is 29.3 Å². The highest BCUT2D eigenvalue weighted by Crippen LogP contribution is 2.30. The predicted molar refractivity (Wildman–Crippen MR) is 92.0 cm³/mol. The van der Waals surface area contributed by atoms with Crippen molar-refractivity contribution in [3.8, 4) is 22.6 Å². The van der Waals surface area contributed by atoms with Crippen LogP contribution >= 0.6 is 0 Å². The van der Waals surface area contributed by atoms with Gasteiger partial charge in [-0.3, -0.25) is 5.10 Å². The summed E-state index contributed by atoms with van der Waals surface area (Å²) in [5.74, 6) is 0.723. The van der Waals surface area contributed by atoms with Crippen molar-refractivity contribution in [3.05, 3.63) is 65.9 Å². The standard InChI is InChI=1S/C19H16N4/c1-12-8-6-7-11-15(12)17-18-16(13(2)22-23-18)20-19(21-17)14-9-4-3-5-10-14/h3-11H,1-2H3,(H,22,23). The lowest BCUT2D eigenvalue weighted by Crippen LogP contribution is -1.96. The number of nitrogens with one attached hydrogen (secondary N) is 1. The molecule has 0 saturated carbocycles. The lowest BCUT2D eigenvalue weighted by atomic mass is 10.0. The van der Waals surface area contributed by atoms with Gasteiger partial charge < -0.3 is 0 Å². The van der Waals surface area contributed by atoms with Crippen molar-refractivity contribution in [3.63, 3.8) is 0 Å². The third-order valence-electron chi connectivity index (χ3n) is 4.01. The van der Waals surface area contributed by atoms with Crippen LogP contribution in [0.2, 0.25) is 0 Å². The third kappa shape index (κ3) is 2.28. The van der Waals surface area contributed by atoms with E-state index in [0.717, 1.165) is 39.4 Å². The van der Waals surface area contributed by atoms with Crippen LogP contribution in [0, 0.1) is 13.8 Å². The zero-order valence-corrected chi connectivity index (χ0v) is 13.0. The van der Waals surface area contributed by atoms with Crippen molar-refractivity contribution in [1.29, 1.82) is 0 Å². The van der Waals surface area contributed by atoms with Crippen LogP contribution in [0.4, 0.5) is 0 Å². The van der Waals surface area contributed by atoms with E-state index >= 15 is 0 Å². The number of hydrogen-bond donors (Lipinski definition) is 1. The fraction of sp³-hybridized carbons (Fsp3) is 0.105. The zero-order chi connectivity index (χ0) is 15.8. The van der Waals surface area contributed by atoms with Crippen LogP contribution in [0.5, 0.6) is 0 Å². The number of hydrogen-bond acceptors (Lipinski definition) is 3. The molecule has 0 bridgehead atoms. The summed E-state index contributed by atoms with van der Waals surface area (Å²) in [5, 5.41) is 7.45. The summed E-state index contributed by atoms with van der Waals surface area (Å²) in [6.45, 7) is 4.07. The number of fused-ring (bicyclic) bond motifs is 1. The highest BCUT2D eigenvalue weighted by Gasteiger charge is 2.16. The first-order valence-electron chi connectivity index (χ1n) is 7.58. The smallest absolute Gasteiger partial charge is 0.160 e. The maximum atomic E-state index is 4.82. The maximum absolute atomic E-state index is 4.82. The molecule has 0 aliphatic rings. The Balaban J connectivity index is 2.05. The molecule has 1 N–H and O–H groups in total. The Labute approximate surface area is 134 Å². The summed E-state index contributed by atoms with van der Waals surface area (Å²) in [6, 6.07) is 18.3. The number of aromatic amines is 1. The first kappa shape index (κ1) is 13.6. The van der Waals surface area contributed by atoms with Crippen LogP contribution in [0.15, 0.2) is 54.6 Å². The molecule has 0 fully saturated rings. The first-order chi connectivity index (χ1) is 11.2. The Morgan fingerprint density at radius 2 is 1.52 bits per heavy atom. The Morgan fingerprint density at radius 1 is 0.783 bits per heavy atom. The Bertz CT molecular complexity index is 987. The quantitative estimate of drug-likeness (QED) is 0.600. The van der Waals surface area contributed by atoms with Crippen molar-refractivity contribution >= 4 is 11.0 Å². The third-order valence-corrected chi connectivity index (χ3v) is 4.01. The number of nitrogens with zero attached hydrogens (tertiary/aromatic N) is 3. The second-order valence-corrected chi connectivity index (χ2v) is 5.62. The molecule has 0 aliphatic carbocycles. The molecule has 112 valence electrons. The molecular weight excluding hydrogens is 284 g/mol. The largest absolute Gasteiger partial charge is 0.280 e. The fourth-order valence-corrected chi connectivity index (χ4v) is 2.76. The Hall–Kier alpha value is -3.01. The van der Waals surface area contributed by atoms with E-state index in [1.54, 1.807) is 0 Å². The maximum Gasteiger partial charge on any atom is 0.160 e. The van der Waals surface area contributed by atoms with Gasteiger partial charge in [0.15, 0.2) is 5.82 Å². The number of benzene rings is 2. The van der Waals surface area contributed by atoms with E-state index in [1.807, 2.05) is 49.4 Å². The SMILES string of the molecule is Cc1ccccc1-c1nc(-c2ccccc2)nc2c(C)[nH]nc12. The highest BCUT2D eigenvalue weighted by molar-refractivity contribution is 5.92. The van der Waals surface area contributed by atoms with Crippen LogP contribution in [0.1, 0.15) is 11.3 Å². The summed E-state index contributed by atoms with van der Waals surface area (Å²) < 4.78 is 0. The predicted octanol–water partition coefficient (Wildman–Crippen LogP) is 4.30. The Kier molecular flexibility index (Phi) is 3.15. The van der Waals surface area contributed by atoms with E-state index in [4.69, 9.17) is 9.97 Å². The molecule has 4 aromatic rings. The number of rotatable bonds is 2. The minimum Gasteiger partial charge on any atom is -0.280 e. The van der Waals surface area contributed by atoms with Crippen LogP contribution in [-0.2, 0) is 0 Å². The number of aromatic nitrogens is 4. The normalized spacial score (nSPS) is 11.0. The molecule has 0 unspecified atom stereocenters. The number of aryl methyl sites for hydroxylation is 2. The van der Waals surface area contributed by atoms with Gasteiger partial charge in [0.05, 0.1) is 5.69 Å². The second kappa shape index (κ2) is 5.32. The molecule has 0 atom stereocenters. The number of H-pyrrole nitrogens is 1. The summed E-state index contributed by atoms with van der Waals surface area (Å²) in [7, 11) is 0. The molecule has 0 radical (unpaired) electrons. The van der Waals surface area contributed by atoms with Gasteiger partial charge in [0.25, 0.3) is 0 Å². The van der Waals surface area contributed by atoms with Gasteiger partial charge in [-0.2, -0.15) is 5.10 Å². The summed E-state index contributed by atoms with van der Waals surface area (Å²) in [4.78, 5) is 9.54. The molecule has 2 aromatic heterocycles. The van der Waals surface area contributed by atoms with Gasteiger partial charge in [-0.25, -0.2) is 9.97 Å². The van der Waals surface area contributed by atoms with Gasteiger partial charge in [0.1, 0.15) is 16.7 Å². The van der Waals surface area contributed by atoms with Crippen molar-refractivity contribution in [2.24, 2.45) is 0 Å². The molecule has 4 nitrogen and oxygen atoms in total. The second-order valence-electron chi connectivity index (χ2n) is 5.62. The lowest BCUT2D eigenvalue weighted by molar-refractivity contribution is 1.07. The highest BCUT2D eigenvalue weighted by atomic mass is 15.1. The van der Waals surface area contributed by atoms with Crippen molar-refractivity contribution in [2.75, 3.05) is 0 Å². The van der Waals surface area contributed by atoms with E-state index in [1.165, 1.54) is 5.56 Å². The molecule has 4 heteroatoms. The molecule has 0 aliphatic heterocycles. The lowest BCUT2D eigenvalue weighted by Gasteiger charge is -2.08. The average molecular weight is 300 g/mol. The fourth-order valence-electron chi connectivity index (χ4n) is 2.76. The van der Waals surface area contributed by atoms with Crippen molar-refractivity contribution in [2.45, 2.75) is 13.8 Å². The molecular formula is C19H16N4. The van der Waals surface area contributed by atoms with Crippen LogP contribution in [0.3, 0.4) is 0 Å². The molecule has 0 amide bonds. The molecule has 2 heterocycles. The molecule has 4 rings (SSSR count). The van der Waals surface area contributed by atoms with E-state index in [9.17, 15) is 0 Å². The average Bonchev–Trinajstić information content (AvgIpc) is 2.97. The molecule has 0 spiro atoms. The van der Waals surface area contributed by atoms with Gasteiger partial charge in [-0.05, 0) is 19.4 Å². The first-order valence-corrected chi connectivity index (χ1v) is 7.58. The van der Waals surface area contributed by atoms with E-state index < -0.39 is 0 Å². The summed E-state index contributed by atoms with van der Waals surface area (Å²) in [6.07, 6.45) is 0. The van der Waals surface area contributed by atoms with Crippen molar-refractivity contribution < 1.29 is 0 Å². The van der Waals surface area contributed by atoms with Crippen LogP contribution in [-0.4, -0.2) is 20.2 Å². The Morgan fingerprint density at radius 3 is 2.30 bits per heavy atom. The van der Waals surface area contributed by atoms with Gasteiger partial charge in [-0.1, -0.05) is 54.6 Å². The molecule has 23 heavy (non-hydrogen) atoms. The zero-order valence-electron chi connectivity index (χ0n) is 13.0. The summed E-state index contributed by atoms with van der Waals surface area (Å²) in [5.41, 5.74) is 6.78. The minimum atomic E-state index is 0.723. The van der Waals surface area contributed by atoms with E-state index in [0.29, 0.717) is 0 Å². The topological polar surface area (TPSA) is 54.5 Å². The van der Waals surface area contributed by atoms with Gasteiger partial charge in [0.2, 0.25) is 0 Å². The van der Waals surface area contributed by atoms with Crippen LogP contribution in [0.25, 0.3) is 33.7 Å². The van der Waals surface area contributed by atoms with E-state index in [-0.39, 0.29) is 0 Å². The summed E-state index contributed by atoms with van der Waals surface area (Å²) >= 11 is 0. The van der Waals surface area contributed by atoms with Gasteiger partial charge in [0, 0.05) is 11.1 Å². The van der Waals surface area contributed by atoms with Gasteiger partial charge >= 0.3 is 0 Å². The molecule has 0 saturated heterocycles.